The smallest absolute Gasteiger partial charge is 0.255 e. The van der Waals surface area contributed by atoms with Crippen LogP contribution in [-0.2, 0) is 0 Å². The molecule has 3 aromatic carbocycles. The zero-order valence-electron chi connectivity index (χ0n) is 18.1. The minimum Gasteiger partial charge on any atom is -0.342 e. The molecule has 1 unspecified atom stereocenters. The molecular weight excluding hydrogens is 400 g/mol. The van der Waals surface area contributed by atoms with Gasteiger partial charge in [0.15, 0.2) is 0 Å². The maximum absolute atomic E-state index is 12.9. The zero-order chi connectivity index (χ0) is 22.5. The summed E-state index contributed by atoms with van der Waals surface area (Å²) in [5, 5.41) is 5.95. The van der Waals surface area contributed by atoms with Crippen molar-refractivity contribution in [3.8, 4) is 0 Å². The van der Waals surface area contributed by atoms with E-state index >= 15 is 0 Å². The SMILES string of the molecule is CC(C)CC(NC(=O)c1ccc(NC(=O)c2ccccc2)cc1)c1nc2ccccc2[nH]1. The van der Waals surface area contributed by atoms with Gasteiger partial charge in [0.2, 0.25) is 0 Å². The molecule has 32 heavy (non-hydrogen) atoms. The van der Waals surface area contributed by atoms with Crippen LogP contribution < -0.4 is 10.6 Å². The number of hydrogen-bond donors (Lipinski definition) is 3. The van der Waals surface area contributed by atoms with Crippen LogP contribution in [-0.4, -0.2) is 21.8 Å². The lowest BCUT2D eigenvalue weighted by Crippen LogP contribution is -2.30. The van der Waals surface area contributed by atoms with Gasteiger partial charge in [-0.15, -0.1) is 0 Å². The molecule has 1 aromatic heterocycles. The van der Waals surface area contributed by atoms with E-state index in [1.165, 1.54) is 0 Å². The molecule has 0 aliphatic rings. The predicted molar refractivity (Wildman–Crippen MR) is 127 cm³/mol. The lowest BCUT2D eigenvalue weighted by molar-refractivity contribution is 0.0929. The van der Waals surface area contributed by atoms with E-state index in [1.807, 2.05) is 42.5 Å². The number of nitrogens with one attached hydrogen (secondary N) is 3. The van der Waals surface area contributed by atoms with Crippen LogP contribution >= 0.6 is 0 Å². The molecule has 162 valence electrons. The first kappa shape index (κ1) is 21.3. The summed E-state index contributed by atoms with van der Waals surface area (Å²) < 4.78 is 0. The molecule has 4 rings (SSSR count). The van der Waals surface area contributed by atoms with Crippen LogP contribution in [0.2, 0.25) is 0 Å². The Morgan fingerprint density at radius 1 is 0.844 bits per heavy atom. The van der Waals surface area contributed by atoms with E-state index in [4.69, 9.17) is 0 Å². The molecule has 0 saturated carbocycles. The van der Waals surface area contributed by atoms with Crippen molar-refractivity contribution in [1.82, 2.24) is 15.3 Å². The number of carbonyl (C=O) groups is 2. The Kier molecular flexibility index (Phi) is 6.31. The molecule has 0 radical (unpaired) electrons. The topological polar surface area (TPSA) is 86.9 Å². The molecule has 0 bridgehead atoms. The molecule has 0 fully saturated rings. The Morgan fingerprint density at radius 2 is 1.50 bits per heavy atom. The van der Waals surface area contributed by atoms with Crippen molar-refractivity contribution >= 4 is 28.5 Å². The molecule has 6 nitrogen and oxygen atoms in total. The van der Waals surface area contributed by atoms with Gasteiger partial charge in [-0.05, 0) is 60.9 Å². The highest BCUT2D eigenvalue weighted by Crippen LogP contribution is 2.23. The zero-order valence-corrected chi connectivity index (χ0v) is 18.1. The maximum atomic E-state index is 12.9. The van der Waals surface area contributed by atoms with Crippen LogP contribution in [0.25, 0.3) is 11.0 Å². The summed E-state index contributed by atoms with van der Waals surface area (Å²) in [7, 11) is 0. The van der Waals surface area contributed by atoms with Crippen molar-refractivity contribution < 1.29 is 9.59 Å². The Hall–Kier alpha value is -3.93. The van der Waals surface area contributed by atoms with E-state index in [0.29, 0.717) is 22.7 Å². The third-order valence-corrected chi connectivity index (χ3v) is 5.19. The fourth-order valence-corrected chi connectivity index (χ4v) is 3.59. The number of carbonyl (C=O) groups excluding carboxylic acids is 2. The van der Waals surface area contributed by atoms with Gasteiger partial charge in [-0.25, -0.2) is 4.98 Å². The van der Waals surface area contributed by atoms with E-state index in [2.05, 4.69) is 34.4 Å². The van der Waals surface area contributed by atoms with Crippen LogP contribution in [0.5, 0.6) is 0 Å². The summed E-state index contributed by atoms with van der Waals surface area (Å²) in [6, 6.07) is 23.5. The third-order valence-electron chi connectivity index (χ3n) is 5.19. The van der Waals surface area contributed by atoms with Crippen LogP contribution in [0.1, 0.15) is 52.9 Å². The number of aromatic amines is 1. The summed E-state index contributed by atoms with van der Waals surface area (Å²) in [4.78, 5) is 33.3. The quantitative estimate of drug-likeness (QED) is 0.373. The van der Waals surface area contributed by atoms with E-state index in [0.717, 1.165) is 23.3 Å². The highest BCUT2D eigenvalue weighted by Gasteiger charge is 2.20. The van der Waals surface area contributed by atoms with Crippen molar-refractivity contribution in [2.24, 2.45) is 5.92 Å². The molecule has 0 aliphatic carbocycles. The van der Waals surface area contributed by atoms with Crippen LogP contribution in [0, 0.1) is 5.92 Å². The van der Waals surface area contributed by atoms with Crippen LogP contribution in [0.3, 0.4) is 0 Å². The number of rotatable bonds is 7. The Bertz CT molecular complexity index is 1180. The van der Waals surface area contributed by atoms with Crippen LogP contribution in [0.4, 0.5) is 5.69 Å². The van der Waals surface area contributed by atoms with Crippen molar-refractivity contribution in [3.63, 3.8) is 0 Å². The minimum atomic E-state index is -0.229. The Morgan fingerprint density at radius 3 is 2.19 bits per heavy atom. The Labute approximate surface area is 187 Å². The van der Waals surface area contributed by atoms with Gasteiger partial charge < -0.3 is 15.6 Å². The van der Waals surface area contributed by atoms with Gasteiger partial charge in [0.05, 0.1) is 17.1 Å². The second-order valence-corrected chi connectivity index (χ2v) is 8.19. The average Bonchev–Trinajstić information content (AvgIpc) is 3.24. The summed E-state index contributed by atoms with van der Waals surface area (Å²) in [6.07, 6.45) is 0.761. The van der Waals surface area contributed by atoms with Crippen molar-refractivity contribution in [2.45, 2.75) is 26.3 Å². The third kappa shape index (κ3) is 5.03. The standard InChI is InChI=1S/C26H26N4O2/c1-17(2)16-23(24-28-21-10-6-7-11-22(21)29-24)30-26(32)19-12-14-20(15-13-19)27-25(31)18-8-4-3-5-9-18/h3-15,17,23H,16H2,1-2H3,(H,27,31)(H,28,29)(H,30,32). The number of nitrogens with zero attached hydrogens (tertiary/aromatic N) is 1. The summed E-state index contributed by atoms with van der Waals surface area (Å²) in [5.41, 5.74) is 3.56. The molecule has 0 saturated heterocycles. The summed E-state index contributed by atoms with van der Waals surface area (Å²) in [6.45, 7) is 4.23. The maximum Gasteiger partial charge on any atom is 0.255 e. The van der Waals surface area contributed by atoms with Crippen molar-refractivity contribution in [2.75, 3.05) is 5.32 Å². The second kappa shape index (κ2) is 9.47. The number of anilines is 1. The van der Waals surface area contributed by atoms with Gasteiger partial charge in [0.25, 0.3) is 11.8 Å². The molecule has 0 spiro atoms. The minimum absolute atomic E-state index is 0.183. The van der Waals surface area contributed by atoms with Gasteiger partial charge in [0.1, 0.15) is 5.82 Å². The van der Waals surface area contributed by atoms with Crippen molar-refractivity contribution in [1.29, 1.82) is 0 Å². The molecule has 4 aromatic rings. The molecule has 0 aliphatic heterocycles. The predicted octanol–water partition coefficient (Wildman–Crippen LogP) is 5.33. The number of aromatic nitrogens is 2. The first-order valence-corrected chi connectivity index (χ1v) is 10.7. The lowest BCUT2D eigenvalue weighted by atomic mass is 10.0. The summed E-state index contributed by atoms with van der Waals surface area (Å²) >= 11 is 0. The van der Waals surface area contributed by atoms with Gasteiger partial charge in [-0.2, -0.15) is 0 Å². The number of hydrogen-bond acceptors (Lipinski definition) is 3. The lowest BCUT2D eigenvalue weighted by Gasteiger charge is -2.19. The highest BCUT2D eigenvalue weighted by molar-refractivity contribution is 6.04. The largest absolute Gasteiger partial charge is 0.342 e. The van der Waals surface area contributed by atoms with Crippen LogP contribution in [0.15, 0.2) is 78.9 Å². The fraction of sp³-hybridized carbons (Fsp3) is 0.192. The Balaban J connectivity index is 1.46. The number of H-pyrrole nitrogens is 1. The van der Waals surface area contributed by atoms with E-state index in [1.54, 1.807) is 36.4 Å². The molecule has 2 amide bonds. The average molecular weight is 427 g/mol. The number of fused-ring (bicyclic) bond motifs is 1. The number of benzene rings is 3. The normalized spacial score (nSPS) is 12.0. The van der Waals surface area contributed by atoms with E-state index < -0.39 is 0 Å². The van der Waals surface area contributed by atoms with E-state index in [-0.39, 0.29) is 17.9 Å². The molecule has 3 N–H and O–H groups in total. The number of para-hydroxylation sites is 2. The summed E-state index contributed by atoms with van der Waals surface area (Å²) in [5.74, 6) is 0.755. The van der Waals surface area contributed by atoms with E-state index in [9.17, 15) is 9.59 Å². The van der Waals surface area contributed by atoms with Crippen molar-refractivity contribution in [3.05, 3.63) is 95.8 Å². The molecule has 1 atom stereocenters. The van der Waals surface area contributed by atoms with Gasteiger partial charge in [-0.1, -0.05) is 44.2 Å². The highest BCUT2D eigenvalue weighted by atomic mass is 16.2. The van der Waals surface area contributed by atoms with Gasteiger partial charge in [0, 0.05) is 16.8 Å². The number of amides is 2. The molecular formula is C26H26N4O2. The second-order valence-electron chi connectivity index (χ2n) is 8.19. The molecule has 6 heteroatoms. The first-order chi connectivity index (χ1) is 15.5. The fourth-order valence-electron chi connectivity index (χ4n) is 3.59. The molecule has 1 heterocycles. The van der Waals surface area contributed by atoms with Gasteiger partial charge in [-0.3, -0.25) is 9.59 Å². The first-order valence-electron chi connectivity index (χ1n) is 10.7. The number of imidazole rings is 1. The van der Waals surface area contributed by atoms with Gasteiger partial charge >= 0.3 is 0 Å². The monoisotopic (exact) mass is 426 g/mol.